The number of esters is 2. The maximum Gasteiger partial charge on any atom is 0.472 e. The molecule has 0 aliphatic heterocycles. The third-order valence-electron chi connectivity index (χ3n) is 17.9. The van der Waals surface area contributed by atoms with E-state index in [0.29, 0.717) is 6.42 Å². The monoisotopic (exact) mass is 1240 g/mol. The Labute approximate surface area is 536 Å². The van der Waals surface area contributed by atoms with Crippen molar-refractivity contribution in [3.05, 3.63) is 12.2 Å². The molecule has 86 heavy (non-hydrogen) atoms. The number of nitrogens with two attached hydrogens (primary N) is 1. The molecule has 0 fully saturated rings. The first-order chi connectivity index (χ1) is 42.3. The predicted molar refractivity (Wildman–Crippen MR) is 372 cm³/mol. The minimum Gasteiger partial charge on any atom is -0.462 e. The molecule has 3 N–H and O–H groups in total. The van der Waals surface area contributed by atoms with E-state index in [0.717, 1.165) is 32.1 Å². The average molecular weight is 1240 g/mol. The number of ether oxygens (including phenoxy) is 2. The van der Waals surface area contributed by atoms with Crippen molar-refractivity contribution in [3.63, 3.8) is 0 Å². The van der Waals surface area contributed by atoms with Crippen LogP contribution in [-0.2, 0) is 32.7 Å². The zero-order valence-electron chi connectivity index (χ0n) is 57.9. The van der Waals surface area contributed by atoms with Gasteiger partial charge < -0.3 is 20.1 Å². The van der Waals surface area contributed by atoms with Crippen LogP contribution in [0.1, 0.15) is 431 Å². The molecule has 512 valence electrons. The van der Waals surface area contributed by atoms with Crippen LogP contribution in [0.3, 0.4) is 0 Å². The summed E-state index contributed by atoms with van der Waals surface area (Å²) in [7, 11) is -4.39. The van der Waals surface area contributed by atoms with Gasteiger partial charge in [0.1, 0.15) is 6.61 Å². The van der Waals surface area contributed by atoms with Crippen molar-refractivity contribution in [2.45, 2.75) is 437 Å². The van der Waals surface area contributed by atoms with Crippen molar-refractivity contribution >= 4 is 19.8 Å². The highest BCUT2D eigenvalue weighted by Crippen LogP contribution is 2.43. The zero-order chi connectivity index (χ0) is 62.3. The smallest absolute Gasteiger partial charge is 0.462 e. The van der Waals surface area contributed by atoms with Gasteiger partial charge in [0.15, 0.2) is 6.10 Å². The predicted octanol–water partition coefficient (Wildman–Crippen LogP) is 25.5. The molecule has 0 bridgehead atoms. The van der Waals surface area contributed by atoms with Crippen LogP contribution in [0, 0.1) is 0 Å². The van der Waals surface area contributed by atoms with Crippen molar-refractivity contribution in [2.75, 3.05) is 26.4 Å². The van der Waals surface area contributed by atoms with Crippen molar-refractivity contribution in [1.29, 1.82) is 0 Å². The summed E-state index contributed by atoms with van der Waals surface area (Å²) in [6.07, 6.45) is 89.2. The highest BCUT2D eigenvalue weighted by molar-refractivity contribution is 7.47. The average Bonchev–Trinajstić information content (AvgIpc) is 3.58. The second-order valence-corrected chi connectivity index (χ2v) is 28.0. The van der Waals surface area contributed by atoms with Crippen LogP contribution in [-0.4, -0.2) is 49.3 Å². The highest BCUT2D eigenvalue weighted by Gasteiger charge is 2.26. The second-order valence-electron chi connectivity index (χ2n) is 26.6. The number of carbonyl (C=O) groups excluding carboxylic acids is 2. The number of phosphoric acid groups is 1. The van der Waals surface area contributed by atoms with Gasteiger partial charge in [-0.3, -0.25) is 18.6 Å². The fourth-order valence-corrected chi connectivity index (χ4v) is 12.9. The molecule has 0 aromatic rings. The number of unbranched alkanes of at least 4 members (excludes halogenated alkanes) is 60. The van der Waals surface area contributed by atoms with E-state index in [-0.39, 0.29) is 38.6 Å². The summed E-state index contributed by atoms with van der Waals surface area (Å²) in [6, 6.07) is 0. The van der Waals surface area contributed by atoms with Gasteiger partial charge in [0, 0.05) is 19.4 Å². The third-order valence-corrected chi connectivity index (χ3v) is 18.9. The molecule has 9 nitrogen and oxygen atoms in total. The van der Waals surface area contributed by atoms with Crippen molar-refractivity contribution in [1.82, 2.24) is 0 Å². The molecule has 0 heterocycles. The number of carbonyl (C=O) groups is 2. The van der Waals surface area contributed by atoms with Gasteiger partial charge in [-0.15, -0.1) is 0 Å². The quantitative estimate of drug-likeness (QED) is 0.0264. The lowest BCUT2D eigenvalue weighted by Gasteiger charge is -2.19. The van der Waals surface area contributed by atoms with Crippen LogP contribution >= 0.6 is 7.82 Å². The molecule has 0 saturated carbocycles. The van der Waals surface area contributed by atoms with Crippen molar-refractivity contribution < 1.29 is 37.6 Å². The molecule has 0 amide bonds. The van der Waals surface area contributed by atoms with E-state index in [1.54, 1.807) is 0 Å². The lowest BCUT2D eigenvalue weighted by molar-refractivity contribution is -0.161. The number of hydrogen-bond acceptors (Lipinski definition) is 8. The summed E-state index contributed by atoms with van der Waals surface area (Å²) in [4.78, 5) is 35.4. The molecule has 0 spiro atoms. The van der Waals surface area contributed by atoms with Crippen molar-refractivity contribution in [3.8, 4) is 0 Å². The van der Waals surface area contributed by atoms with Crippen LogP contribution in [0.4, 0.5) is 0 Å². The Balaban J connectivity index is 3.75. The van der Waals surface area contributed by atoms with E-state index in [2.05, 4.69) is 26.0 Å². The van der Waals surface area contributed by atoms with E-state index in [4.69, 9.17) is 24.3 Å². The summed E-state index contributed by atoms with van der Waals surface area (Å²) in [5.41, 5.74) is 5.41. The molecule has 0 radical (unpaired) electrons. The summed E-state index contributed by atoms with van der Waals surface area (Å²) < 4.78 is 33.3. The van der Waals surface area contributed by atoms with Gasteiger partial charge in [-0.05, 0) is 38.5 Å². The number of phosphoric ester groups is 1. The van der Waals surface area contributed by atoms with E-state index in [1.165, 1.54) is 366 Å². The molecule has 0 aromatic carbocycles. The van der Waals surface area contributed by atoms with E-state index >= 15 is 0 Å². The maximum absolute atomic E-state index is 12.8. The van der Waals surface area contributed by atoms with Gasteiger partial charge in [-0.25, -0.2) is 4.57 Å². The van der Waals surface area contributed by atoms with Crippen LogP contribution in [0.15, 0.2) is 12.2 Å². The zero-order valence-corrected chi connectivity index (χ0v) is 58.7. The number of rotatable bonds is 75. The standard InChI is InChI=1S/C76H150NO8P/c1-3-5-7-9-11-13-15-17-19-21-23-25-27-29-31-33-35-36-37-39-40-42-44-46-48-50-52-54-56-58-60-62-64-66-68-75(78)82-72-74(73-84-86(80,81)83-71-70-77)85-76(79)69-67-65-63-61-59-57-55-53-51-49-47-45-43-41-38-34-32-30-28-26-24-22-20-18-16-14-12-10-8-6-4-2/h22,24,74H,3-21,23,25-73,77H2,1-2H3,(H,80,81)/b24-22-. The van der Waals surface area contributed by atoms with Crippen LogP contribution in [0.2, 0.25) is 0 Å². The lowest BCUT2D eigenvalue weighted by Crippen LogP contribution is -2.29. The molecule has 0 aliphatic carbocycles. The maximum atomic E-state index is 12.8. The van der Waals surface area contributed by atoms with Crippen molar-refractivity contribution in [2.24, 2.45) is 5.73 Å². The van der Waals surface area contributed by atoms with Gasteiger partial charge in [-0.2, -0.15) is 0 Å². The minimum atomic E-state index is -4.39. The fourth-order valence-electron chi connectivity index (χ4n) is 12.2. The Bertz CT molecular complexity index is 1410. The summed E-state index contributed by atoms with van der Waals surface area (Å²) in [6.45, 7) is 3.84. The van der Waals surface area contributed by atoms with Gasteiger partial charge >= 0.3 is 19.8 Å². The SMILES string of the molecule is CCCCCCCCCC/C=C\CCCCCCCCCCCCCCCCCCCCCC(=O)OC(COC(=O)CCCCCCCCCCCCCCCCCCCCCCCCCCCCCCCCCCCC)COP(=O)(O)OCCN. The van der Waals surface area contributed by atoms with Gasteiger partial charge in [0.25, 0.3) is 0 Å². The first-order valence-corrected chi connectivity index (χ1v) is 40.2. The lowest BCUT2D eigenvalue weighted by atomic mass is 10.0. The van der Waals surface area contributed by atoms with E-state index < -0.39 is 26.5 Å². The molecule has 0 rings (SSSR count). The second kappa shape index (κ2) is 72.8. The van der Waals surface area contributed by atoms with E-state index in [1.807, 2.05) is 0 Å². The Hall–Kier alpha value is -1.25. The Morgan fingerprint density at radius 1 is 0.337 bits per heavy atom. The number of allylic oxidation sites excluding steroid dienone is 2. The molecule has 10 heteroatoms. The van der Waals surface area contributed by atoms with Gasteiger partial charge in [0.2, 0.25) is 0 Å². The summed E-state index contributed by atoms with van der Waals surface area (Å²) >= 11 is 0. The summed E-state index contributed by atoms with van der Waals surface area (Å²) in [5.74, 6) is -0.798. The first kappa shape index (κ1) is 84.8. The van der Waals surface area contributed by atoms with Crippen LogP contribution in [0.5, 0.6) is 0 Å². The fraction of sp³-hybridized carbons (Fsp3) is 0.947. The number of hydrogen-bond donors (Lipinski definition) is 2. The normalized spacial score (nSPS) is 12.8. The molecule has 0 saturated heterocycles. The van der Waals surface area contributed by atoms with Crippen LogP contribution in [0.25, 0.3) is 0 Å². The molecule has 0 aliphatic rings. The molecule has 2 atom stereocenters. The first-order valence-electron chi connectivity index (χ1n) is 38.7. The molecular formula is C76H150NO8P. The molecular weight excluding hydrogens is 1090 g/mol. The largest absolute Gasteiger partial charge is 0.472 e. The molecule has 2 unspecified atom stereocenters. The highest BCUT2D eigenvalue weighted by atomic mass is 31.2. The summed E-state index contributed by atoms with van der Waals surface area (Å²) in [5, 5.41) is 0. The topological polar surface area (TPSA) is 134 Å². The molecule has 0 aromatic heterocycles. The van der Waals surface area contributed by atoms with E-state index in [9.17, 15) is 19.0 Å². The Morgan fingerprint density at radius 2 is 0.570 bits per heavy atom. The van der Waals surface area contributed by atoms with Gasteiger partial charge in [0.05, 0.1) is 13.2 Å². The Kier molecular flexibility index (Phi) is 71.8. The van der Waals surface area contributed by atoms with Crippen LogP contribution < -0.4 is 5.73 Å². The van der Waals surface area contributed by atoms with Gasteiger partial charge in [-0.1, -0.05) is 392 Å². The minimum absolute atomic E-state index is 0.0579. The Morgan fingerprint density at radius 3 is 0.826 bits per heavy atom. The third kappa shape index (κ3) is 71.8.